The van der Waals surface area contributed by atoms with Gasteiger partial charge in [-0.1, -0.05) is 18.2 Å². The van der Waals surface area contributed by atoms with Gasteiger partial charge in [0.05, 0.1) is 6.61 Å². The van der Waals surface area contributed by atoms with Gasteiger partial charge in [-0.3, -0.25) is 0 Å². The molecule has 1 N–H and O–H groups in total. The molecule has 1 heterocycles. The number of alkyl halides is 1. The number of ether oxygens (including phenoxy) is 1. The Balaban J connectivity index is 2.28. The number of hydrogen-bond acceptors (Lipinski definition) is 3. The van der Waals surface area contributed by atoms with Crippen LogP contribution in [-0.4, -0.2) is 11.6 Å². The van der Waals surface area contributed by atoms with E-state index in [9.17, 15) is 0 Å². The van der Waals surface area contributed by atoms with Crippen molar-refractivity contribution >= 4 is 23.1 Å². The van der Waals surface area contributed by atoms with Gasteiger partial charge in [-0.15, -0.1) is 11.6 Å². The Morgan fingerprint density at radius 2 is 2.06 bits per heavy atom. The first-order valence-electron chi connectivity index (χ1n) is 5.84. The molecule has 0 unspecified atom stereocenters. The van der Waals surface area contributed by atoms with E-state index < -0.39 is 0 Å². The third-order valence-corrected chi connectivity index (χ3v) is 2.77. The summed E-state index contributed by atoms with van der Waals surface area (Å²) in [4.78, 5) is 4.29. The second-order valence-corrected chi connectivity index (χ2v) is 3.97. The Morgan fingerprint density at radius 1 is 1.22 bits per heavy atom. The molecular formula is C14H15ClN2O. The van der Waals surface area contributed by atoms with Crippen LogP contribution in [0.5, 0.6) is 5.75 Å². The van der Waals surface area contributed by atoms with Gasteiger partial charge in [-0.25, -0.2) is 4.98 Å². The molecule has 0 fully saturated rings. The second kappa shape index (κ2) is 6.26. The summed E-state index contributed by atoms with van der Waals surface area (Å²) in [5, 5.41) is 3.26. The lowest BCUT2D eigenvalue weighted by Crippen LogP contribution is -2.01. The van der Waals surface area contributed by atoms with Crippen molar-refractivity contribution in [3.8, 4) is 5.75 Å². The fourth-order valence-corrected chi connectivity index (χ4v) is 1.88. The Bertz CT molecular complexity index is 517. The van der Waals surface area contributed by atoms with Crippen molar-refractivity contribution in [2.45, 2.75) is 12.8 Å². The van der Waals surface area contributed by atoms with Crippen LogP contribution in [0.4, 0.5) is 11.5 Å². The molecular weight excluding hydrogens is 248 g/mol. The van der Waals surface area contributed by atoms with Crippen LogP contribution in [-0.2, 0) is 5.88 Å². The van der Waals surface area contributed by atoms with Crippen molar-refractivity contribution in [1.82, 2.24) is 4.98 Å². The number of nitrogens with zero attached hydrogens (tertiary/aromatic N) is 1. The lowest BCUT2D eigenvalue weighted by molar-refractivity contribution is 0.341. The molecule has 0 radical (unpaired) electrons. The summed E-state index contributed by atoms with van der Waals surface area (Å²) in [6.45, 7) is 2.56. The van der Waals surface area contributed by atoms with Gasteiger partial charge in [0.25, 0.3) is 0 Å². The summed E-state index contributed by atoms with van der Waals surface area (Å²) in [6, 6.07) is 11.6. The van der Waals surface area contributed by atoms with Gasteiger partial charge in [0.1, 0.15) is 0 Å². The fraction of sp³-hybridized carbons (Fsp3) is 0.214. The van der Waals surface area contributed by atoms with Crippen LogP contribution in [0, 0.1) is 0 Å². The molecule has 94 valence electrons. The zero-order valence-electron chi connectivity index (χ0n) is 10.2. The number of pyridine rings is 1. The number of halogens is 1. The summed E-state index contributed by atoms with van der Waals surface area (Å²) in [5.74, 6) is 1.90. The number of anilines is 2. The highest BCUT2D eigenvalue weighted by Crippen LogP contribution is 2.27. The number of para-hydroxylation sites is 1. The van der Waals surface area contributed by atoms with Gasteiger partial charge in [-0.2, -0.15) is 0 Å². The van der Waals surface area contributed by atoms with E-state index in [1.807, 2.05) is 43.3 Å². The Hall–Kier alpha value is -1.74. The van der Waals surface area contributed by atoms with Gasteiger partial charge in [0.2, 0.25) is 0 Å². The van der Waals surface area contributed by atoms with Crippen LogP contribution < -0.4 is 10.1 Å². The molecule has 0 bridgehead atoms. The maximum absolute atomic E-state index is 5.91. The number of aromatic nitrogens is 1. The van der Waals surface area contributed by atoms with E-state index in [1.165, 1.54) is 0 Å². The van der Waals surface area contributed by atoms with Crippen molar-refractivity contribution in [3.05, 3.63) is 48.2 Å². The molecule has 0 spiro atoms. The maximum atomic E-state index is 5.91. The minimum Gasteiger partial charge on any atom is -0.490 e. The van der Waals surface area contributed by atoms with E-state index in [4.69, 9.17) is 16.3 Å². The SMILES string of the molecule is CCOc1cccnc1Nc1ccccc1CCl. The van der Waals surface area contributed by atoms with Gasteiger partial charge in [0, 0.05) is 17.8 Å². The summed E-state index contributed by atoms with van der Waals surface area (Å²) in [6.07, 6.45) is 1.73. The number of hydrogen-bond donors (Lipinski definition) is 1. The Labute approximate surface area is 112 Å². The minimum absolute atomic E-state index is 0.458. The van der Waals surface area contributed by atoms with Crippen LogP contribution in [0.25, 0.3) is 0 Å². The zero-order chi connectivity index (χ0) is 12.8. The molecule has 2 rings (SSSR count). The first-order valence-corrected chi connectivity index (χ1v) is 6.37. The fourth-order valence-electron chi connectivity index (χ4n) is 1.64. The van der Waals surface area contributed by atoms with E-state index in [2.05, 4.69) is 10.3 Å². The third-order valence-electron chi connectivity index (χ3n) is 2.48. The topological polar surface area (TPSA) is 34.1 Å². The van der Waals surface area contributed by atoms with Crippen molar-refractivity contribution in [3.63, 3.8) is 0 Å². The average Bonchev–Trinajstić information content (AvgIpc) is 2.42. The first-order chi connectivity index (χ1) is 8.85. The van der Waals surface area contributed by atoms with Crippen LogP contribution in [0.2, 0.25) is 0 Å². The lowest BCUT2D eigenvalue weighted by atomic mass is 10.2. The highest BCUT2D eigenvalue weighted by atomic mass is 35.5. The van der Waals surface area contributed by atoms with Crippen molar-refractivity contribution in [2.24, 2.45) is 0 Å². The molecule has 0 amide bonds. The summed E-state index contributed by atoms with van der Waals surface area (Å²) < 4.78 is 5.52. The Morgan fingerprint density at radius 3 is 2.83 bits per heavy atom. The van der Waals surface area contributed by atoms with Crippen LogP contribution in [0.15, 0.2) is 42.6 Å². The maximum Gasteiger partial charge on any atom is 0.173 e. The van der Waals surface area contributed by atoms with Crippen molar-refractivity contribution in [1.29, 1.82) is 0 Å². The average molecular weight is 263 g/mol. The van der Waals surface area contributed by atoms with Crippen molar-refractivity contribution < 1.29 is 4.74 Å². The van der Waals surface area contributed by atoms with E-state index in [1.54, 1.807) is 6.20 Å². The Kier molecular flexibility index (Phi) is 4.42. The molecule has 18 heavy (non-hydrogen) atoms. The van der Waals surface area contributed by atoms with E-state index in [0.29, 0.717) is 18.3 Å². The monoisotopic (exact) mass is 262 g/mol. The molecule has 0 atom stereocenters. The second-order valence-electron chi connectivity index (χ2n) is 3.70. The standard InChI is InChI=1S/C14H15ClN2O/c1-2-18-13-8-5-9-16-14(13)17-12-7-4-3-6-11(12)10-15/h3-9H,2,10H2,1H3,(H,16,17). The number of nitrogens with one attached hydrogen (secondary N) is 1. The predicted octanol–water partition coefficient (Wildman–Crippen LogP) is 3.96. The normalized spacial score (nSPS) is 10.1. The van der Waals surface area contributed by atoms with Crippen LogP contribution >= 0.6 is 11.6 Å². The highest BCUT2D eigenvalue weighted by Gasteiger charge is 2.06. The van der Waals surface area contributed by atoms with Crippen LogP contribution in [0.3, 0.4) is 0 Å². The molecule has 0 aliphatic rings. The molecule has 0 aliphatic carbocycles. The molecule has 0 saturated carbocycles. The van der Waals surface area contributed by atoms with E-state index >= 15 is 0 Å². The number of rotatable bonds is 5. The van der Waals surface area contributed by atoms with Crippen molar-refractivity contribution in [2.75, 3.05) is 11.9 Å². The van der Waals surface area contributed by atoms with Gasteiger partial charge in [0.15, 0.2) is 11.6 Å². The highest BCUT2D eigenvalue weighted by molar-refractivity contribution is 6.17. The summed E-state index contributed by atoms with van der Waals surface area (Å²) >= 11 is 5.91. The molecule has 0 aliphatic heterocycles. The third kappa shape index (κ3) is 2.93. The predicted molar refractivity (Wildman–Crippen MR) is 74.7 cm³/mol. The smallest absolute Gasteiger partial charge is 0.173 e. The van der Waals surface area contributed by atoms with Crippen LogP contribution in [0.1, 0.15) is 12.5 Å². The molecule has 1 aromatic carbocycles. The molecule has 1 aromatic heterocycles. The number of benzene rings is 1. The summed E-state index contributed by atoms with van der Waals surface area (Å²) in [5.41, 5.74) is 1.99. The van der Waals surface area contributed by atoms with E-state index in [0.717, 1.165) is 17.0 Å². The van der Waals surface area contributed by atoms with Gasteiger partial charge >= 0.3 is 0 Å². The largest absolute Gasteiger partial charge is 0.490 e. The van der Waals surface area contributed by atoms with Gasteiger partial charge in [-0.05, 0) is 30.7 Å². The minimum atomic E-state index is 0.458. The van der Waals surface area contributed by atoms with E-state index in [-0.39, 0.29) is 0 Å². The lowest BCUT2D eigenvalue weighted by Gasteiger charge is -2.13. The molecule has 0 saturated heterocycles. The first kappa shape index (κ1) is 12.7. The molecule has 3 nitrogen and oxygen atoms in total. The molecule has 4 heteroatoms. The summed E-state index contributed by atoms with van der Waals surface area (Å²) in [7, 11) is 0. The quantitative estimate of drug-likeness (QED) is 0.828. The zero-order valence-corrected chi connectivity index (χ0v) is 10.9. The van der Waals surface area contributed by atoms with Gasteiger partial charge < -0.3 is 10.1 Å². The molecule has 2 aromatic rings.